The van der Waals surface area contributed by atoms with E-state index in [9.17, 15) is 14.4 Å². The molecule has 3 rings (SSSR count). The lowest BCUT2D eigenvalue weighted by atomic mass is 10.2. The first-order valence-corrected chi connectivity index (χ1v) is 11.7. The number of imide groups is 1. The van der Waals surface area contributed by atoms with Gasteiger partial charge in [0.05, 0.1) is 25.2 Å². The highest BCUT2D eigenvalue weighted by atomic mass is 35.5. The highest BCUT2D eigenvalue weighted by Gasteiger charge is 2.34. The molecule has 11 heteroatoms. The van der Waals surface area contributed by atoms with Gasteiger partial charge in [-0.3, -0.25) is 14.9 Å². The van der Waals surface area contributed by atoms with Crippen LogP contribution in [0.3, 0.4) is 0 Å². The highest BCUT2D eigenvalue weighted by molar-refractivity contribution is 8.14. The average molecular weight is 494 g/mol. The van der Waals surface area contributed by atoms with Crippen molar-refractivity contribution in [2.24, 2.45) is 4.99 Å². The summed E-state index contributed by atoms with van der Waals surface area (Å²) in [6.45, 7) is 3.72. The van der Waals surface area contributed by atoms with Crippen molar-refractivity contribution in [3.63, 3.8) is 0 Å². The third-order valence-corrected chi connectivity index (χ3v) is 6.37. The fourth-order valence-corrected chi connectivity index (χ4v) is 4.57. The molecule has 0 radical (unpaired) electrons. The van der Waals surface area contributed by atoms with Crippen molar-refractivity contribution < 1.29 is 23.9 Å². The van der Waals surface area contributed by atoms with Gasteiger partial charge in [0, 0.05) is 9.90 Å². The molecule has 0 spiro atoms. The number of thiophene rings is 1. The van der Waals surface area contributed by atoms with Gasteiger partial charge in [-0.25, -0.2) is 14.7 Å². The molecule has 0 bridgehead atoms. The number of hydrogen-bond donors (Lipinski definition) is 1. The van der Waals surface area contributed by atoms with E-state index in [1.807, 2.05) is 18.4 Å². The molecule has 2 aromatic rings. The molecular formula is C21H20ClN3O5S2. The largest absolute Gasteiger partial charge is 0.495 e. The van der Waals surface area contributed by atoms with Gasteiger partial charge < -0.3 is 9.47 Å². The van der Waals surface area contributed by atoms with Gasteiger partial charge in [-0.05, 0) is 55.1 Å². The number of aryl methyl sites for hydroxylation is 1. The van der Waals surface area contributed by atoms with Crippen molar-refractivity contribution in [1.29, 1.82) is 0 Å². The molecule has 32 heavy (non-hydrogen) atoms. The Balaban J connectivity index is 1.92. The number of thioether (sulfide) groups is 1. The molecule has 1 N–H and O–H groups in total. The van der Waals surface area contributed by atoms with Gasteiger partial charge >= 0.3 is 6.09 Å². The first-order valence-electron chi connectivity index (χ1n) is 9.46. The minimum absolute atomic E-state index is 0.145. The van der Waals surface area contributed by atoms with E-state index in [-0.39, 0.29) is 29.1 Å². The molecule has 0 atom stereocenters. The molecule has 0 unspecified atom stereocenters. The third kappa shape index (κ3) is 5.50. The SMILES string of the molecule is CCOC(=O)NC(=O)CSC1=NC(=Cc2sccc2C)C(=O)N1c1cc(Cl)ccc1OC. The second-order valence-electron chi connectivity index (χ2n) is 6.41. The van der Waals surface area contributed by atoms with Crippen LogP contribution >= 0.6 is 34.7 Å². The van der Waals surface area contributed by atoms with Crippen LogP contribution in [-0.4, -0.2) is 42.5 Å². The Morgan fingerprint density at radius 1 is 1.34 bits per heavy atom. The second kappa shape index (κ2) is 10.7. The van der Waals surface area contributed by atoms with Gasteiger partial charge in [0.15, 0.2) is 5.17 Å². The van der Waals surface area contributed by atoms with Gasteiger partial charge in [0.2, 0.25) is 5.91 Å². The van der Waals surface area contributed by atoms with Crippen LogP contribution < -0.4 is 15.0 Å². The molecule has 1 aliphatic rings. The lowest BCUT2D eigenvalue weighted by Crippen LogP contribution is -2.35. The molecule has 1 aliphatic heterocycles. The highest BCUT2D eigenvalue weighted by Crippen LogP contribution is 2.37. The summed E-state index contributed by atoms with van der Waals surface area (Å²) in [7, 11) is 1.48. The summed E-state index contributed by atoms with van der Waals surface area (Å²) in [4.78, 5) is 43.6. The zero-order chi connectivity index (χ0) is 23.3. The Hall–Kier alpha value is -2.82. The Bertz CT molecular complexity index is 1110. The predicted molar refractivity (Wildman–Crippen MR) is 128 cm³/mol. The number of methoxy groups -OCH3 is 1. The number of halogens is 1. The van der Waals surface area contributed by atoms with Crippen molar-refractivity contribution in [2.45, 2.75) is 13.8 Å². The van der Waals surface area contributed by atoms with Crippen LogP contribution in [0, 0.1) is 6.92 Å². The third-order valence-electron chi connectivity index (χ3n) is 4.23. The summed E-state index contributed by atoms with van der Waals surface area (Å²) in [6.07, 6.45) is 0.878. The monoisotopic (exact) mass is 493 g/mol. The molecular weight excluding hydrogens is 474 g/mol. The minimum atomic E-state index is -0.829. The van der Waals surface area contributed by atoms with Crippen molar-refractivity contribution in [1.82, 2.24) is 5.32 Å². The molecule has 0 saturated carbocycles. The zero-order valence-electron chi connectivity index (χ0n) is 17.5. The number of nitrogens with zero attached hydrogens (tertiary/aromatic N) is 2. The molecule has 8 nitrogen and oxygen atoms in total. The van der Waals surface area contributed by atoms with E-state index in [1.54, 1.807) is 31.2 Å². The zero-order valence-corrected chi connectivity index (χ0v) is 19.9. The quantitative estimate of drug-likeness (QED) is 0.596. The summed E-state index contributed by atoms with van der Waals surface area (Å²) >= 11 is 8.66. The van der Waals surface area contributed by atoms with Gasteiger partial charge in [-0.1, -0.05) is 23.4 Å². The molecule has 1 aromatic heterocycles. The van der Waals surface area contributed by atoms with E-state index in [1.165, 1.54) is 23.3 Å². The number of hydrogen-bond acceptors (Lipinski definition) is 8. The van der Waals surface area contributed by atoms with Crippen LogP contribution in [0.4, 0.5) is 10.5 Å². The molecule has 0 aliphatic carbocycles. The molecule has 3 amide bonds. The number of carbonyl (C=O) groups excluding carboxylic acids is 3. The first-order chi connectivity index (χ1) is 15.3. The average Bonchev–Trinajstić information content (AvgIpc) is 3.29. The number of aliphatic imine (C=N–C) groups is 1. The van der Waals surface area contributed by atoms with Crippen LogP contribution in [0.1, 0.15) is 17.4 Å². The standard InChI is InChI=1S/C21H20ClN3O5S2/c1-4-30-21(28)24-18(26)11-32-20-23-14(10-17-12(2)7-8-31-17)19(27)25(20)15-9-13(22)5-6-16(15)29-3/h5-10H,4,11H2,1-3H3,(H,24,26,28). The smallest absolute Gasteiger partial charge is 0.413 e. The number of anilines is 1. The predicted octanol–water partition coefficient (Wildman–Crippen LogP) is 4.47. The Morgan fingerprint density at radius 2 is 2.12 bits per heavy atom. The van der Waals surface area contributed by atoms with Gasteiger partial charge in [0.1, 0.15) is 11.4 Å². The van der Waals surface area contributed by atoms with E-state index in [4.69, 9.17) is 21.1 Å². The summed E-state index contributed by atoms with van der Waals surface area (Å²) in [5, 5.41) is 4.71. The number of ether oxygens (including phenoxy) is 2. The number of carbonyl (C=O) groups is 3. The number of rotatable bonds is 6. The summed E-state index contributed by atoms with van der Waals surface area (Å²) < 4.78 is 10.1. The van der Waals surface area contributed by atoms with E-state index < -0.39 is 12.0 Å². The van der Waals surface area contributed by atoms with Crippen molar-refractivity contribution in [3.05, 3.63) is 50.8 Å². The van der Waals surface area contributed by atoms with Crippen LogP contribution in [0.25, 0.3) is 6.08 Å². The lowest BCUT2D eigenvalue weighted by molar-refractivity contribution is -0.118. The number of amidine groups is 1. The van der Waals surface area contributed by atoms with Crippen LogP contribution in [0.5, 0.6) is 5.75 Å². The molecule has 168 valence electrons. The molecule has 2 heterocycles. The first kappa shape index (κ1) is 23.8. The Labute approximate surface area is 198 Å². The van der Waals surface area contributed by atoms with Crippen LogP contribution in [0.15, 0.2) is 40.3 Å². The summed E-state index contributed by atoms with van der Waals surface area (Å²) in [5.74, 6) is -0.698. The second-order valence-corrected chi connectivity index (χ2v) is 8.73. The van der Waals surface area contributed by atoms with Gasteiger partial charge in [0.25, 0.3) is 5.91 Å². The molecule has 0 fully saturated rings. The molecule has 1 aromatic carbocycles. The fourth-order valence-electron chi connectivity index (χ4n) is 2.75. The maximum atomic E-state index is 13.3. The molecule has 0 saturated heterocycles. The number of alkyl carbamates (subject to hydrolysis) is 1. The Kier molecular flexibility index (Phi) is 7.94. The van der Waals surface area contributed by atoms with Crippen LogP contribution in [0.2, 0.25) is 5.02 Å². The van der Waals surface area contributed by atoms with Crippen LogP contribution in [-0.2, 0) is 14.3 Å². The summed E-state index contributed by atoms with van der Waals surface area (Å²) in [6, 6.07) is 6.83. The minimum Gasteiger partial charge on any atom is -0.495 e. The maximum Gasteiger partial charge on any atom is 0.413 e. The summed E-state index contributed by atoms with van der Waals surface area (Å²) in [5.41, 5.74) is 1.63. The van der Waals surface area contributed by atoms with Crippen molar-refractivity contribution >= 4 is 69.5 Å². The van der Waals surface area contributed by atoms with E-state index in [0.29, 0.717) is 16.5 Å². The van der Waals surface area contributed by atoms with E-state index in [0.717, 1.165) is 22.2 Å². The van der Waals surface area contributed by atoms with Gasteiger partial charge in [-0.2, -0.15) is 0 Å². The number of amides is 3. The fraction of sp³-hybridized carbons (Fsp3) is 0.238. The van der Waals surface area contributed by atoms with Gasteiger partial charge in [-0.15, -0.1) is 11.3 Å². The lowest BCUT2D eigenvalue weighted by Gasteiger charge is -2.20. The normalized spacial score (nSPS) is 14.5. The van der Waals surface area contributed by atoms with E-state index >= 15 is 0 Å². The topological polar surface area (TPSA) is 97.3 Å². The maximum absolute atomic E-state index is 13.3. The van der Waals surface area contributed by atoms with E-state index in [2.05, 4.69) is 10.3 Å². The Morgan fingerprint density at radius 3 is 2.78 bits per heavy atom. The van der Waals surface area contributed by atoms with Crippen molar-refractivity contribution in [3.8, 4) is 5.75 Å². The number of benzene rings is 1. The number of nitrogens with one attached hydrogen (secondary N) is 1. The van der Waals surface area contributed by atoms with Crippen molar-refractivity contribution in [2.75, 3.05) is 24.4 Å².